The molecule has 0 saturated carbocycles. The summed E-state index contributed by atoms with van der Waals surface area (Å²) in [4.78, 5) is 0. The number of aryl methyl sites for hydroxylation is 1. The average molecular weight is 244 g/mol. The second-order valence-corrected chi connectivity index (χ2v) is 3.89. The van der Waals surface area contributed by atoms with Crippen molar-refractivity contribution in [1.82, 2.24) is 0 Å². The molecule has 3 heteroatoms. The van der Waals surface area contributed by atoms with Crippen molar-refractivity contribution in [3.8, 4) is 5.75 Å². The van der Waals surface area contributed by atoms with Crippen LogP contribution in [0.2, 0.25) is 0 Å². The number of rotatable bonds is 2. The molecule has 2 nitrogen and oxygen atoms in total. The lowest BCUT2D eigenvalue weighted by Gasteiger charge is -2.15. The van der Waals surface area contributed by atoms with Gasteiger partial charge in [0.25, 0.3) is 0 Å². The maximum atomic E-state index is 5.85. The molecule has 0 heterocycles. The summed E-state index contributed by atoms with van der Waals surface area (Å²) in [6, 6.07) is 3.93. The van der Waals surface area contributed by atoms with Gasteiger partial charge in [0.1, 0.15) is 5.75 Å². The lowest BCUT2D eigenvalue weighted by atomic mass is 10.1. The highest BCUT2D eigenvalue weighted by atomic mass is 79.9. The fourth-order valence-corrected chi connectivity index (χ4v) is 1.98. The Labute approximate surface area is 87.2 Å². The molecular formula is C10H14BrNO. The van der Waals surface area contributed by atoms with Crippen LogP contribution in [0.4, 0.5) is 0 Å². The molecule has 1 aromatic carbocycles. The fraction of sp³-hybridized carbons (Fsp3) is 0.400. The number of nitrogens with two attached hydrogens (primary N) is 1. The standard InChI is InChI=1S/C10H14BrNO/c1-6-4-5-8(13-3)9(7(2)12)10(6)11/h4-5,7H,12H2,1-3H3. The average Bonchev–Trinajstić information content (AvgIpc) is 2.08. The van der Waals surface area contributed by atoms with Crippen molar-refractivity contribution in [3.05, 3.63) is 27.7 Å². The molecule has 1 unspecified atom stereocenters. The van der Waals surface area contributed by atoms with E-state index in [4.69, 9.17) is 10.5 Å². The number of benzene rings is 1. The molecule has 2 N–H and O–H groups in total. The molecule has 0 spiro atoms. The van der Waals surface area contributed by atoms with E-state index in [1.807, 2.05) is 26.0 Å². The minimum atomic E-state index is -0.0239. The van der Waals surface area contributed by atoms with Crippen LogP contribution in [0.15, 0.2) is 16.6 Å². The van der Waals surface area contributed by atoms with E-state index in [-0.39, 0.29) is 6.04 Å². The third-order valence-corrected chi connectivity index (χ3v) is 3.06. The second-order valence-electron chi connectivity index (χ2n) is 3.10. The Morgan fingerprint density at radius 2 is 2.08 bits per heavy atom. The zero-order valence-corrected chi connectivity index (χ0v) is 9.68. The van der Waals surface area contributed by atoms with E-state index >= 15 is 0 Å². The summed E-state index contributed by atoms with van der Waals surface area (Å²) in [6.45, 7) is 3.98. The van der Waals surface area contributed by atoms with E-state index in [9.17, 15) is 0 Å². The first-order chi connectivity index (χ1) is 6.07. The monoisotopic (exact) mass is 243 g/mol. The molecule has 13 heavy (non-hydrogen) atoms. The van der Waals surface area contributed by atoms with E-state index < -0.39 is 0 Å². The summed E-state index contributed by atoms with van der Waals surface area (Å²) in [7, 11) is 1.66. The van der Waals surface area contributed by atoms with Crippen LogP contribution in [0.5, 0.6) is 5.75 Å². The third kappa shape index (κ3) is 2.03. The molecule has 0 aromatic heterocycles. The Morgan fingerprint density at radius 1 is 1.46 bits per heavy atom. The lowest BCUT2D eigenvalue weighted by Crippen LogP contribution is -2.08. The van der Waals surface area contributed by atoms with Crippen molar-refractivity contribution < 1.29 is 4.74 Å². The highest BCUT2D eigenvalue weighted by Crippen LogP contribution is 2.33. The smallest absolute Gasteiger partial charge is 0.124 e. The molecular weight excluding hydrogens is 230 g/mol. The SMILES string of the molecule is COc1ccc(C)c(Br)c1C(C)N. The predicted octanol–water partition coefficient (Wildman–Crippen LogP) is 2.79. The zero-order valence-electron chi connectivity index (χ0n) is 8.10. The van der Waals surface area contributed by atoms with Crippen molar-refractivity contribution in [1.29, 1.82) is 0 Å². The van der Waals surface area contributed by atoms with E-state index in [1.165, 1.54) is 5.56 Å². The molecule has 0 radical (unpaired) electrons. The zero-order chi connectivity index (χ0) is 10.0. The van der Waals surface area contributed by atoms with E-state index in [0.717, 1.165) is 15.8 Å². The van der Waals surface area contributed by atoms with Gasteiger partial charge >= 0.3 is 0 Å². The van der Waals surface area contributed by atoms with Gasteiger partial charge in [0, 0.05) is 16.1 Å². The highest BCUT2D eigenvalue weighted by molar-refractivity contribution is 9.10. The van der Waals surface area contributed by atoms with Gasteiger partial charge in [-0.05, 0) is 25.5 Å². The predicted molar refractivity (Wildman–Crippen MR) is 58.0 cm³/mol. The van der Waals surface area contributed by atoms with Crippen LogP contribution in [0.3, 0.4) is 0 Å². The van der Waals surface area contributed by atoms with Crippen LogP contribution >= 0.6 is 15.9 Å². The Morgan fingerprint density at radius 3 is 2.54 bits per heavy atom. The van der Waals surface area contributed by atoms with Crippen LogP contribution in [-0.2, 0) is 0 Å². The number of methoxy groups -OCH3 is 1. The van der Waals surface area contributed by atoms with Crippen molar-refractivity contribution in [2.45, 2.75) is 19.9 Å². The molecule has 0 fully saturated rings. The maximum Gasteiger partial charge on any atom is 0.124 e. The van der Waals surface area contributed by atoms with E-state index in [0.29, 0.717) is 0 Å². The third-order valence-electron chi connectivity index (χ3n) is 2.01. The van der Waals surface area contributed by atoms with Gasteiger partial charge in [0.05, 0.1) is 7.11 Å². The molecule has 0 aliphatic heterocycles. The molecule has 1 atom stereocenters. The topological polar surface area (TPSA) is 35.2 Å². The molecule has 0 aliphatic rings. The van der Waals surface area contributed by atoms with Crippen molar-refractivity contribution in [3.63, 3.8) is 0 Å². The van der Waals surface area contributed by atoms with E-state index in [1.54, 1.807) is 7.11 Å². The van der Waals surface area contributed by atoms with Gasteiger partial charge in [-0.2, -0.15) is 0 Å². The first kappa shape index (κ1) is 10.5. The summed E-state index contributed by atoms with van der Waals surface area (Å²) < 4.78 is 6.28. The summed E-state index contributed by atoms with van der Waals surface area (Å²) >= 11 is 3.51. The van der Waals surface area contributed by atoms with Gasteiger partial charge in [-0.1, -0.05) is 22.0 Å². The number of ether oxygens (including phenoxy) is 1. The number of hydrogen-bond acceptors (Lipinski definition) is 2. The molecule has 1 aromatic rings. The molecule has 72 valence electrons. The fourth-order valence-electron chi connectivity index (χ4n) is 1.29. The second kappa shape index (κ2) is 4.11. The summed E-state index contributed by atoms with van der Waals surface area (Å²) in [5, 5.41) is 0. The van der Waals surface area contributed by atoms with Crippen molar-refractivity contribution >= 4 is 15.9 Å². The quantitative estimate of drug-likeness (QED) is 0.868. The Bertz CT molecular complexity index is 310. The molecule has 1 rings (SSSR count). The summed E-state index contributed by atoms with van der Waals surface area (Å²) in [5.74, 6) is 0.840. The van der Waals surface area contributed by atoms with Gasteiger partial charge in [-0.15, -0.1) is 0 Å². The minimum absolute atomic E-state index is 0.0239. The van der Waals surface area contributed by atoms with Crippen molar-refractivity contribution in [2.24, 2.45) is 5.73 Å². The van der Waals surface area contributed by atoms with Gasteiger partial charge in [0.15, 0.2) is 0 Å². The number of hydrogen-bond donors (Lipinski definition) is 1. The largest absolute Gasteiger partial charge is 0.496 e. The molecule has 0 saturated heterocycles. The summed E-state index contributed by atoms with van der Waals surface area (Å²) in [5.41, 5.74) is 8.05. The Hall–Kier alpha value is -0.540. The normalized spacial score (nSPS) is 12.7. The molecule has 0 amide bonds. The minimum Gasteiger partial charge on any atom is -0.496 e. The number of halogens is 1. The van der Waals surface area contributed by atoms with Crippen LogP contribution in [0, 0.1) is 6.92 Å². The van der Waals surface area contributed by atoms with Gasteiger partial charge < -0.3 is 10.5 Å². The van der Waals surface area contributed by atoms with Gasteiger partial charge in [-0.25, -0.2) is 0 Å². The van der Waals surface area contributed by atoms with Crippen LogP contribution in [-0.4, -0.2) is 7.11 Å². The maximum absolute atomic E-state index is 5.85. The van der Waals surface area contributed by atoms with Crippen LogP contribution in [0.1, 0.15) is 24.1 Å². The van der Waals surface area contributed by atoms with Crippen molar-refractivity contribution in [2.75, 3.05) is 7.11 Å². The van der Waals surface area contributed by atoms with Gasteiger partial charge in [0.2, 0.25) is 0 Å². The Balaban J connectivity index is 3.32. The van der Waals surface area contributed by atoms with E-state index in [2.05, 4.69) is 15.9 Å². The van der Waals surface area contributed by atoms with Crippen LogP contribution < -0.4 is 10.5 Å². The Kier molecular flexibility index (Phi) is 3.33. The lowest BCUT2D eigenvalue weighted by molar-refractivity contribution is 0.406. The molecule has 0 aliphatic carbocycles. The highest BCUT2D eigenvalue weighted by Gasteiger charge is 2.12. The van der Waals surface area contributed by atoms with Gasteiger partial charge in [-0.3, -0.25) is 0 Å². The first-order valence-electron chi connectivity index (χ1n) is 4.16. The summed E-state index contributed by atoms with van der Waals surface area (Å²) in [6.07, 6.45) is 0. The van der Waals surface area contributed by atoms with Crippen LogP contribution in [0.25, 0.3) is 0 Å². The molecule has 0 bridgehead atoms. The first-order valence-corrected chi connectivity index (χ1v) is 4.95.